The Kier molecular flexibility index (Phi) is 8.51. The smallest absolute Gasteiger partial charge is 0.191 e. The second kappa shape index (κ2) is 10.2. The maximum Gasteiger partial charge on any atom is 0.191 e. The molecule has 0 aliphatic carbocycles. The van der Waals surface area contributed by atoms with Crippen LogP contribution in [0.4, 0.5) is 0 Å². The Balaban J connectivity index is 2.38. The van der Waals surface area contributed by atoms with Gasteiger partial charge < -0.3 is 15.4 Å². The van der Waals surface area contributed by atoms with Crippen molar-refractivity contribution >= 4 is 5.96 Å². The first-order chi connectivity index (χ1) is 10.6. The van der Waals surface area contributed by atoms with Gasteiger partial charge in [-0.2, -0.15) is 0 Å². The zero-order chi connectivity index (χ0) is 16.4. The Hall–Kier alpha value is -1.62. The van der Waals surface area contributed by atoms with Crippen LogP contribution in [0.1, 0.15) is 38.4 Å². The molecule has 0 fully saturated rings. The van der Waals surface area contributed by atoms with Crippen molar-refractivity contribution in [3.8, 4) is 0 Å². The molecule has 1 atom stereocenters. The molecule has 0 bridgehead atoms. The van der Waals surface area contributed by atoms with E-state index in [-0.39, 0.29) is 6.10 Å². The van der Waals surface area contributed by atoms with Gasteiger partial charge in [-0.3, -0.25) is 9.98 Å². The van der Waals surface area contributed by atoms with Crippen molar-refractivity contribution in [1.82, 2.24) is 15.6 Å². The number of aryl methyl sites for hydroxylation is 1. The normalized spacial score (nSPS) is 13.3. The summed E-state index contributed by atoms with van der Waals surface area (Å²) in [4.78, 5) is 8.62. The minimum atomic E-state index is 0.286. The van der Waals surface area contributed by atoms with E-state index < -0.39 is 0 Å². The highest BCUT2D eigenvalue weighted by molar-refractivity contribution is 5.79. The van der Waals surface area contributed by atoms with Gasteiger partial charge >= 0.3 is 0 Å². The molecule has 0 saturated carbocycles. The lowest BCUT2D eigenvalue weighted by Gasteiger charge is -2.21. The maximum atomic E-state index is 5.75. The second-order valence-corrected chi connectivity index (χ2v) is 5.65. The number of nitrogens with one attached hydrogen (secondary N) is 2. The van der Waals surface area contributed by atoms with Gasteiger partial charge in [0.2, 0.25) is 0 Å². The molecule has 1 unspecified atom stereocenters. The first kappa shape index (κ1) is 18.4. The molecule has 0 aromatic carbocycles. The van der Waals surface area contributed by atoms with Crippen molar-refractivity contribution in [3.05, 3.63) is 29.6 Å². The fraction of sp³-hybridized carbons (Fsp3) is 0.647. The van der Waals surface area contributed by atoms with E-state index in [0.717, 1.165) is 31.2 Å². The largest absolute Gasteiger partial charge is 0.378 e. The molecule has 1 aromatic rings. The summed E-state index contributed by atoms with van der Waals surface area (Å²) in [6, 6.07) is 4.02. The van der Waals surface area contributed by atoms with Crippen molar-refractivity contribution in [3.63, 3.8) is 0 Å². The van der Waals surface area contributed by atoms with Crippen molar-refractivity contribution < 1.29 is 4.74 Å². The van der Waals surface area contributed by atoms with Crippen LogP contribution in [0.3, 0.4) is 0 Å². The highest BCUT2D eigenvalue weighted by atomic mass is 16.5. The zero-order valence-corrected chi connectivity index (χ0v) is 14.5. The van der Waals surface area contributed by atoms with Gasteiger partial charge in [0, 0.05) is 26.4 Å². The van der Waals surface area contributed by atoms with E-state index >= 15 is 0 Å². The van der Waals surface area contributed by atoms with Gasteiger partial charge in [-0.05, 0) is 37.8 Å². The fourth-order valence-corrected chi connectivity index (χ4v) is 2.25. The summed E-state index contributed by atoms with van der Waals surface area (Å²) in [6.45, 7) is 10.8. The topological polar surface area (TPSA) is 58.5 Å². The summed E-state index contributed by atoms with van der Waals surface area (Å²) in [7, 11) is 1.78. The Bertz CT molecular complexity index is 460. The third-order valence-corrected chi connectivity index (χ3v) is 3.61. The van der Waals surface area contributed by atoms with Crippen molar-refractivity contribution in [2.75, 3.05) is 20.2 Å². The number of aromatic nitrogens is 1. The van der Waals surface area contributed by atoms with E-state index in [0.29, 0.717) is 12.5 Å². The molecule has 5 heteroatoms. The first-order valence-corrected chi connectivity index (χ1v) is 8.05. The maximum absolute atomic E-state index is 5.75. The summed E-state index contributed by atoms with van der Waals surface area (Å²) >= 11 is 0. The van der Waals surface area contributed by atoms with Gasteiger partial charge in [0.25, 0.3) is 0 Å². The van der Waals surface area contributed by atoms with Crippen LogP contribution in [-0.2, 0) is 11.3 Å². The van der Waals surface area contributed by atoms with E-state index in [2.05, 4.69) is 47.4 Å². The molecule has 124 valence electrons. The summed E-state index contributed by atoms with van der Waals surface area (Å²) < 4.78 is 5.75. The lowest BCUT2D eigenvalue weighted by atomic mass is 10.0. The Morgan fingerprint density at radius 3 is 2.73 bits per heavy atom. The van der Waals surface area contributed by atoms with Crippen LogP contribution < -0.4 is 10.6 Å². The highest BCUT2D eigenvalue weighted by Gasteiger charge is 2.13. The monoisotopic (exact) mass is 306 g/mol. The van der Waals surface area contributed by atoms with E-state index in [1.54, 1.807) is 7.05 Å². The molecule has 2 N–H and O–H groups in total. The molecule has 0 amide bonds. The SMILES string of the molecule is CCOC(CCNC(=NC)NCc1ncccc1C)C(C)C. The third kappa shape index (κ3) is 6.43. The summed E-state index contributed by atoms with van der Waals surface area (Å²) in [5, 5.41) is 6.63. The molecular weight excluding hydrogens is 276 g/mol. The summed E-state index contributed by atoms with van der Waals surface area (Å²) in [5.74, 6) is 1.32. The van der Waals surface area contributed by atoms with Gasteiger partial charge in [-0.25, -0.2) is 0 Å². The van der Waals surface area contributed by atoms with Gasteiger partial charge in [-0.1, -0.05) is 19.9 Å². The lowest BCUT2D eigenvalue weighted by molar-refractivity contribution is 0.0258. The molecule has 0 spiro atoms. The van der Waals surface area contributed by atoms with Crippen molar-refractivity contribution in [2.45, 2.75) is 46.8 Å². The number of ether oxygens (including phenoxy) is 1. The Morgan fingerprint density at radius 2 is 2.14 bits per heavy atom. The van der Waals surface area contributed by atoms with Crippen LogP contribution in [0.5, 0.6) is 0 Å². The van der Waals surface area contributed by atoms with Gasteiger partial charge in [0.15, 0.2) is 5.96 Å². The summed E-state index contributed by atoms with van der Waals surface area (Å²) in [5.41, 5.74) is 2.22. The van der Waals surface area contributed by atoms with E-state index in [1.807, 2.05) is 19.2 Å². The number of aliphatic imine (C=N–C) groups is 1. The van der Waals surface area contributed by atoms with Gasteiger partial charge in [0.1, 0.15) is 0 Å². The molecule has 0 aliphatic rings. The molecule has 0 radical (unpaired) electrons. The van der Waals surface area contributed by atoms with Crippen LogP contribution in [-0.4, -0.2) is 37.2 Å². The average Bonchev–Trinajstić information content (AvgIpc) is 2.50. The molecule has 1 rings (SSSR count). The average molecular weight is 306 g/mol. The van der Waals surface area contributed by atoms with E-state index in [4.69, 9.17) is 4.74 Å². The van der Waals surface area contributed by atoms with Crippen molar-refractivity contribution in [1.29, 1.82) is 0 Å². The molecule has 1 heterocycles. The van der Waals surface area contributed by atoms with E-state index in [1.165, 1.54) is 5.56 Å². The van der Waals surface area contributed by atoms with Gasteiger partial charge in [0.05, 0.1) is 18.3 Å². The highest BCUT2D eigenvalue weighted by Crippen LogP contribution is 2.09. The number of pyridine rings is 1. The minimum Gasteiger partial charge on any atom is -0.378 e. The lowest BCUT2D eigenvalue weighted by Crippen LogP contribution is -2.39. The predicted octanol–water partition coefficient (Wildman–Crippen LogP) is 2.51. The Labute approximate surface area is 134 Å². The minimum absolute atomic E-state index is 0.286. The predicted molar refractivity (Wildman–Crippen MR) is 92.0 cm³/mol. The molecule has 1 aromatic heterocycles. The molecular formula is C17H30N4O. The van der Waals surface area contributed by atoms with Gasteiger partial charge in [-0.15, -0.1) is 0 Å². The first-order valence-electron chi connectivity index (χ1n) is 8.05. The zero-order valence-electron chi connectivity index (χ0n) is 14.5. The van der Waals surface area contributed by atoms with Crippen LogP contribution in [0, 0.1) is 12.8 Å². The number of rotatable bonds is 8. The Morgan fingerprint density at radius 1 is 1.36 bits per heavy atom. The van der Waals surface area contributed by atoms with E-state index in [9.17, 15) is 0 Å². The quantitative estimate of drug-likeness (QED) is 0.572. The molecule has 22 heavy (non-hydrogen) atoms. The van der Waals surface area contributed by atoms with Crippen LogP contribution >= 0.6 is 0 Å². The van der Waals surface area contributed by atoms with Crippen LogP contribution in [0.15, 0.2) is 23.3 Å². The molecule has 0 aliphatic heterocycles. The van der Waals surface area contributed by atoms with Crippen LogP contribution in [0.2, 0.25) is 0 Å². The molecule has 0 saturated heterocycles. The summed E-state index contributed by atoms with van der Waals surface area (Å²) in [6.07, 6.45) is 3.07. The fourth-order valence-electron chi connectivity index (χ4n) is 2.25. The standard InChI is InChI=1S/C17H30N4O/c1-6-22-16(13(2)3)9-11-20-17(18-5)21-12-15-14(4)8-7-10-19-15/h7-8,10,13,16H,6,9,11-12H2,1-5H3,(H2,18,20,21). The third-order valence-electron chi connectivity index (χ3n) is 3.61. The number of guanidine groups is 1. The number of nitrogens with zero attached hydrogens (tertiary/aromatic N) is 2. The number of hydrogen-bond donors (Lipinski definition) is 2. The van der Waals surface area contributed by atoms with Crippen LogP contribution in [0.25, 0.3) is 0 Å². The second-order valence-electron chi connectivity index (χ2n) is 5.65. The van der Waals surface area contributed by atoms with Crippen molar-refractivity contribution in [2.24, 2.45) is 10.9 Å². The molecule has 5 nitrogen and oxygen atoms in total. The number of hydrogen-bond acceptors (Lipinski definition) is 3.